The number of nitrogens with one attached hydrogen (secondary N) is 1. The molecule has 3 aromatic heterocycles. The largest absolute Gasteiger partial charge is 0.494 e. The minimum absolute atomic E-state index is 0.0555. The summed E-state index contributed by atoms with van der Waals surface area (Å²) < 4.78 is 9.15. The molecule has 0 fully saturated rings. The number of aryl methyl sites for hydroxylation is 2. The van der Waals surface area contributed by atoms with Crippen LogP contribution in [0.15, 0.2) is 36.4 Å². The smallest absolute Gasteiger partial charge is 0.226 e. The predicted octanol–water partition coefficient (Wildman–Crippen LogP) is 3.19. The van der Waals surface area contributed by atoms with E-state index in [9.17, 15) is 4.79 Å². The zero-order valence-electron chi connectivity index (χ0n) is 17.7. The van der Waals surface area contributed by atoms with Gasteiger partial charge in [-0.2, -0.15) is 14.3 Å². The van der Waals surface area contributed by atoms with Gasteiger partial charge in [0, 0.05) is 17.9 Å². The van der Waals surface area contributed by atoms with E-state index in [0.717, 1.165) is 29.0 Å². The molecule has 1 N–H and O–H groups in total. The van der Waals surface area contributed by atoms with E-state index in [-0.39, 0.29) is 11.8 Å². The van der Waals surface area contributed by atoms with Crippen LogP contribution >= 0.6 is 0 Å². The van der Waals surface area contributed by atoms with Crippen LogP contribution in [0, 0.1) is 13.8 Å². The van der Waals surface area contributed by atoms with Crippen LogP contribution in [-0.4, -0.2) is 42.1 Å². The molecular formula is C22H23N7O2. The molecule has 1 aliphatic heterocycles. The van der Waals surface area contributed by atoms with Gasteiger partial charge in [0.25, 0.3) is 0 Å². The van der Waals surface area contributed by atoms with Crippen molar-refractivity contribution in [2.45, 2.75) is 39.5 Å². The molecule has 0 saturated carbocycles. The maximum atomic E-state index is 12.7. The molecule has 1 aliphatic rings. The third kappa shape index (κ3) is 3.31. The second-order valence-electron chi connectivity index (χ2n) is 7.69. The summed E-state index contributed by atoms with van der Waals surface area (Å²) in [6, 6.07) is 11.6. The average molecular weight is 417 g/mol. The third-order valence-corrected chi connectivity index (χ3v) is 5.46. The second-order valence-corrected chi connectivity index (χ2v) is 7.69. The second kappa shape index (κ2) is 7.50. The number of nitrogens with zero attached hydrogens (tertiary/aromatic N) is 6. The molecule has 0 bridgehead atoms. The van der Waals surface area contributed by atoms with Gasteiger partial charge in [-0.15, -0.1) is 15.3 Å². The lowest BCUT2D eigenvalue weighted by molar-refractivity contribution is -0.116. The summed E-state index contributed by atoms with van der Waals surface area (Å²) in [6.07, 6.45) is 1.29. The molecule has 158 valence electrons. The Kier molecular flexibility index (Phi) is 4.65. The molecule has 0 spiro atoms. The van der Waals surface area contributed by atoms with Gasteiger partial charge in [0.2, 0.25) is 5.91 Å². The maximum absolute atomic E-state index is 12.7. The van der Waals surface area contributed by atoms with Crippen molar-refractivity contribution in [2.24, 2.45) is 0 Å². The van der Waals surface area contributed by atoms with E-state index in [1.807, 2.05) is 50.2 Å². The van der Waals surface area contributed by atoms with Gasteiger partial charge in [-0.3, -0.25) is 4.79 Å². The van der Waals surface area contributed by atoms with Crippen molar-refractivity contribution in [1.29, 1.82) is 0 Å². The molecule has 0 unspecified atom stereocenters. The number of hydrogen-bond donors (Lipinski definition) is 1. The van der Waals surface area contributed by atoms with Gasteiger partial charge >= 0.3 is 0 Å². The zero-order valence-corrected chi connectivity index (χ0v) is 17.7. The summed E-state index contributed by atoms with van der Waals surface area (Å²) in [5, 5.41) is 20.5. The van der Waals surface area contributed by atoms with Crippen molar-refractivity contribution in [3.63, 3.8) is 0 Å². The Labute approximate surface area is 179 Å². The summed E-state index contributed by atoms with van der Waals surface area (Å²) in [7, 11) is 0. The lowest BCUT2D eigenvalue weighted by Gasteiger charge is -2.24. The fourth-order valence-electron chi connectivity index (χ4n) is 4.04. The number of carbonyl (C=O) groups is 1. The first-order chi connectivity index (χ1) is 15.0. The molecule has 4 heterocycles. The van der Waals surface area contributed by atoms with Gasteiger partial charge in [0.15, 0.2) is 17.3 Å². The number of benzene rings is 1. The molecule has 4 aromatic rings. The number of rotatable bonds is 5. The lowest BCUT2D eigenvalue weighted by Crippen LogP contribution is -2.25. The fraction of sp³-hybridized carbons (Fsp3) is 0.318. The van der Waals surface area contributed by atoms with Crippen molar-refractivity contribution in [3.05, 3.63) is 59.0 Å². The topological polar surface area (TPSA) is 99.2 Å². The van der Waals surface area contributed by atoms with E-state index >= 15 is 0 Å². The van der Waals surface area contributed by atoms with E-state index in [0.29, 0.717) is 36.1 Å². The van der Waals surface area contributed by atoms with Gasteiger partial charge in [-0.05, 0) is 50.1 Å². The Morgan fingerprint density at radius 2 is 2.03 bits per heavy atom. The van der Waals surface area contributed by atoms with Crippen molar-refractivity contribution in [2.75, 3.05) is 11.9 Å². The molecule has 0 saturated heterocycles. The standard InChI is InChI=1S/C22H23N7O2/c1-4-10-31-16-7-5-6-15(11-16)17-12-20(30)23-22-21(17)13(2)26-29(22)19-9-8-18-25-24-14(3)28(18)27-19/h5-9,11,17H,4,10,12H2,1-3H3,(H,23,30)/t17-/m0/s1. The number of ether oxygens (including phenoxy) is 1. The Hall–Kier alpha value is -3.75. The Balaban J connectivity index is 1.60. The number of fused-ring (bicyclic) bond motifs is 2. The van der Waals surface area contributed by atoms with E-state index in [4.69, 9.17) is 9.84 Å². The molecule has 0 aliphatic carbocycles. The van der Waals surface area contributed by atoms with Crippen LogP contribution in [0.3, 0.4) is 0 Å². The molecular weight excluding hydrogens is 394 g/mol. The van der Waals surface area contributed by atoms with Crippen molar-refractivity contribution in [1.82, 2.24) is 29.6 Å². The monoisotopic (exact) mass is 417 g/mol. The first-order valence-corrected chi connectivity index (χ1v) is 10.4. The highest BCUT2D eigenvalue weighted by Gasteiger charge is 2.33. The molecule has 9 heteroatoms. The predicted molar refractivity (Wildman–Crippen MR) is 115 cm³/mol. The van der Waals surface area contributed by atoms with E-state index in [2.05, 4.69) is 27.5 Å². The SMILES string of the molecule is CCCOc1cccc([C@@H]2CC(=O)Nc3c2c(C)nn3-c2ccc3nnc(C)n3n2)c1. The fourth-order valence-corrected chi connectivity index (χ4v) is 4.04. The van der Waals surface area contributed by atoms with Crippen molar-refractivity contribution >= 4 is 17.4 Å². The molecule has 31 heavy (non-hydrogen) atoms. The number of aromatic nitrogens is 6. The Bertz CT molecular complexity index is 1290. The summed E-state index contributed by atoms with van der Waals surface area (Å²) in [5.41, 5.74) is 3.53. The van der Waals surface area contributed by atoms with E-state index in [1.165, 1.54) is 0 Å². The maximum Gasteiger partial charge on any atom is 0.226 e. The van der Waals surface area contributed by atoms with Crippen LogP contribution in [0.25, 0.3) is 11.5 Å². The average Bonchev–Trinajstić information content (AvgIpc) is 3.31. The molecule has 1 atom stereocenters. The van der Waals surface area contributed by atoms with Gasteiger partial charge in [-0.1, -0.05) is 19.1 Å². The Morgan fingerprint density at radius 1 is 1.16 bits per heavy atom. The van der Waals surface area contributed by atoms with E-state index in [1.54, 1.807) is 9.20 Å². The molecule has 1 aromatic carbocycles. The van der Waals surface area contributed by atoms with Crippen LogP contribution < -0.4 is 10.1 Å². The normalized spacial score (nSPS) is 15.7. The third-order valence-electron chi connectivity index (χ3n) is 5.46. The van der Waals surface area contributed by atoms with Gasteiger partial charge in [0.1, 0.15) is 11.6 Å². The highest BCUT2D eigenvalue weighted by Crippen LogP contribution is 2.40. The summed E-state index contributed by atoms with van der Waals surface area (Å²) in [6.45, 7) is 6.53. The molecule has 1 amide bonds. The number of carbonyl (C=O) groups excluding carboxylic acids is 1. The van der Waals surface area contributed by atoms with Crippen LogP contribution in [0.5, 0.6) is 5.75 Å². The first kappa shape index (κ1) is 19.2. The molecule has 5 rings (SSSR count). The highest BCUT2D eigenvalue weighted by molar-refractivity contribution is 5.95. The minimum atomic E-state index is -0.108. The number of anilines is 1. The number of amides is 1. The Morgan fingerprint density at radius 3 is 2.87 bits per heavy atom. The zero-order chi connectivity index (χ0) is 21.5. The van der Waals surface area contributed by atoms with Crippen LogP contribution in [0.2, 0.25) is 0 Å². The summed E-state index contributed by atoms with van der Waals surface area (Å²) in [4.78, 5) is 12.7. The van der Waals surface area contributed by atoms with Crippen LogP contribution in [-0.2, 0) is 4.79 Å². The first-order valence-electron chi connectivity index (χ1n) is 10.4. The molecule has 9 nitrogen and oxygen atoms in total. The molecule has 0 radical (unpaired) electrons. The van der Waals surface area contributed by atoms with Crippen LogP contribution in [0.4, 0.5) is 5.82 Å². The van der Waals surface area contributed by atoms with Gasteiger partial charge in [0.05, 0.1) is 12.3 Å². The minimum Gasteiger partial charge on any atom is -0.494 e. The van der Waals surface area contributed by atoms with Crippen molar-refractivity contribution < 1.29 is 9.53 Å². The number of hydrogen-bond acceptors (Lipinski definition) is 6. The summed E-state index contributed by atoms with van der Waals surface area (Å²) in [5.74, 6) is 2.56. The highest BCUT2D eigenvalue weighted by atomic mass is 16.5. The van der Waals surface area contributed by atoms with Crippen LogP contribution in [0.1, 0.15) is 48.3 Å². The van der Waals surface area contributed by atoms with Gasteiger partial charge < -0.3 is 10.1 Å². The summed E-state index contributed by atoms with van der Waals surface area (Å²) >= 11 is 0. The van der Waals surface area contributed by atoms with E-state index < -0.39 is 0 Å². The lowest BCUT2D eigenvalue weighted by atomic mass is 9.86. The van der Waals surface area contributed by atoms with Crippen molar-refractivity contribution in [3.8, 4) is 11.6 Å². The van der Waals surface area contributed by atoms with Gasteiger partial charge in [-0.25, -0.2) is 0 Å². The quantitative estimate of drug-likeness (QED) is 0.535.